The molecule has 2 fully saturated rings. The van der Waals surface area contributed by atoms with Crippen molar-refractivity contribution in [3.05, 3.63) is 29.6 Å². The number of anilines is 1. The van der Waals surface area contributed by atoms with Crippen molar-refractivity contribution in [3.8, 4) is 0 Å². The Morgan fingerprint density at radius 1 is 1.18 bits per heavy atom. The van der Waals surface area contributed by atoms with E-state index in [2.05, 4.69) is 10.6 Å². The normalized spacial score (nSPS) is 31.8. The van der Waals surface area contributed by atoms with E-state index < -0.39 is 34.6 Å². The third-order valence-corrected chi connectivity index (χ3v) is 6.07. The van der Waals surface area contributed by atoms with E-state index in [4.69, 9.17) is 0 Å². The SMILES string of the molecule is CC(C)C[C@H]1N[C@@]2(C(=O)Nc3ccc(F)cc32)[C@@H]2C(=O)N(C(C)(C)C)C(=O)[C@@H]21. The second-order valence-corrected chi connectivity index (χ2v) is 9.52. The van der Waals surface area contributed by atoms with Crippen LogP contribution in [-0.2, 0) is 19.9 Å². The highest BCUT2D eigenvalue weighted by Crippen LogP contribution is 2.54. The molecule has 150 valence electrons. The summed E-state index contributed by atoms with van der Waals surface area (Å²) in [5.41, 5.74) is -1.22. The van der Waals surface area contributed by atoms with Gasteiger partial charge in [-0.2, -0.15) is 0 Å². The summed E-state index contributed by atoms with van der Waals surface area (Å²) in [6.07, 6.45) is 0.637. The number of hydrogen-bond donors (Lipinski definition) is 2. The molecule has 1 spiro atoms. The predicted octanol–water partition coefficient (Wildman–Crippen LogP) is 2.39. The van der Waals surface area contributed by atoms with Crippen molar-refractivity contribution in [2.24, 2.45) is 17.8 Å². The first-order valence-electron chi connectivity index (χ1n) is 9.75. The van der Waals surface area contributed by atoms with Gasteiger partial charge in [0, 0.05) is 22.8 Å². The molecule has 0 aliphatic carbocycles. The number of nitrogens with one attached hydrogen (secondary N) is 2. The summed E-state index contributed by atoms with van der Waals surface area (Å²) in [5, 5.41) is 6.10. The molecule has 0 unspecified atom stereocenters. The van der Waals surface area contributed by atoms with Crippen LogP contribution in [0.5, 0.6) is 0 Å². The second kappa shape index (κ2) is 5.86. The zero-order valence-corrected chi connectivity index (χ0v) is 16.8. The quantitative estimate of drug-likeness (QED) is 0.764. The van der Waals surface area contributed by atoms with Gasteiger partial charge in [0.25, 0.3) is 0 Å². The summed E-state index contributed by atoms with van der Waals surface area (Å²) in [4.78, 5) is 41.3. The van der Waals surface area contributed by atoms with E-state index in [1.807, 2.05) is 34.6 Å². The van der Waals surface area contributed by atoms with Crippen molar-refractivity contribution in [2.75, 3.05) is 5.32 Å². The number of imide groups is 1. The van der Waals surface area contributed by atoms with Gasteiger partial charge in [-0.05, 0) is 51.3 Å². The molecule has 6 nitrogen and oxygen atoms in total. The molecule has 3 aliphatic rings. The molecule has 3 amide bonds. The summed E-state index contributed by atoms with van der Waals surface area (Å²) in [5.74, 6) is -2.77. The number of amides is 3. The van der Waals surface area contributed by atoms with Crippen LogP contribution >= 0.6 is 0 Å². The first-order chi connectivity index (χ1) is 13.0. The van der Waals surface area contributed by atoms with E-state index >= 15 is 0 Å². The maximum atomic E-state index is 14.1. The maximum Gasteiger partial charge on any atom is 0.250 e. The first kappa shape index (κ1) is 19.1. The zero-order chi connectivity index (χ0) is 20.6. The Balaban J connectivity index is 1.91. The fourth-order valence-electron chi connectivity index (χ4n) is 5.15. The third kappa shape index (κ3) is 2.38. The van der Waals surface area contributed by atoms with Crippen LogP contribution in [0.15, 0.2) is 18.2 Å². The number of fused-ring (bicyclic) bond motifs is 4. The molecule has 1 aromatic carbocycles. The van der Waals surface area contributed by atoms with Gasteiger partial charge in [0.2, 0.25) is 17.7 Å². The molecule has 0 bridgehead atoms. The molecule has 3 aliphatic heterocycles. The molecule has 0 aromatic heterocycles. The fraction of sp³-hybridized carbons (Fsp3) is 0.571. The van der Waals surface area contributed by atoms with Crippen molar-refractivity contribution in [3.63, 3.8) is 0 Å². The number of rotatable bonds is 2. The van der Waals surface area contributed by atoms with Gasteiger partial charge < -0.3 is 5.32 Å². The van der Waals surface area contributed by atoms with E-state index in [0.29, 0.717) is 17.7 Å². The molecule has 4 rings (SSSR count). The largest absolute Gasteiger partial charge is 0.324 e. The first-order valence-corrected chi connectivity index (χ1v) is 9.75. The fourth-order valence-corrected chi connectivity index (χ4v) is 5.15. The topological polar surface area (TPSA) is 78.5 Å². The van der Waals surface area contributed by atoms with E-state index in [1.165, 1.54) is 23.1 Å². The lowest BCUT2D eigenvalue weighted by atomic mass is 9.76. The number of nitrogens with zero attached hydrogens (tertiary/aromatic N) is 1. The molecule has 2 saturated heterocycles. The van der Waals surface area contributed by atoms with Crippen LogP contribution in [-0.4, -0.2) is 34.2 Å². The Kier molecular flexibility index (Phi) is 3.99. The molecule has 0 saturated carbocycles. The van der Waals surface area contributed by atoms with Gasteiger partial charge in [0.15, 0.2) is 0 Å². The Morgan fingerprint density at radius 3 is 2.46 bits per heavy atom. The minimum absolute atomic E-state index is 0.254. The average Bonchev–Trinajstić information content (AvgIpc) is 3.12. The Hall–Kier alpha value is -2.28. The Bertz CT molecular complexity index is 891. The highest BCUT2D eigenvalue weighted by Gasteiger charge is 2.71. The lowest BCUT2D eigenvalue weighted by molar-refractivity contribution is -0.147. The highest BCUT2D eigenvalue weighted by atomic mass is 19.1. The van der Waals surface area contributed by atoms with Crippen molar-refractivity contribution < 1.29 is 18.8 Å². The summed E-state index contributed by atoms with van der Waals surface area (Å²) < 4.78 is 14.1. The Labute approximate surface area is 163 Å². The van der Waals surface area contributed by atoms with Crippen LogP contribution in [0, 0.1) is 23.6 Å². The van der Waals surface area contributed by atoms with Gasteiger partial charge in [0.05, 0.1) is 11.8 Å². The average molecular weight is 387 g/mol. The van der Waals surface area contributed by atoms with Crippen molar-refractivity contribution in [2.45, 2.75) is 58.2 Å². The van der Waals surface area contributed by atoms with Gasteiger partial charge in [-0.15, -0.1) is 0 Å². The van der Waals surface area contributed by atoms with Gasteiger partial charge in [-0.25, -0.2) is 4.39 Å². The van der Waals surface area contributed by atoms with Gasteiger partial charge in [-0.1, -0.05) is 13.8 Å². The summed E-state index contributed by atoms with van der Waals surface area (Å²) in [6, 6.07) is 3.74. The van der Waals surface area contributed by atoms with Crippen molar-refractivity contribution >= 4 is 23.4 Å². The zero-order valence-electron chi connectivity index (χ0n) is 16.8. The van der Waals surface area contributed by atoms with E-state index in [1.54, 1.807) is 0 Å². The van der Waals surface area contributed by atoms with Crippen LogP contribution in [0.3, 0.4) is 0 Å². The monoisotopic (exact) mass is 387 g/mol. The highest BCUT2D eigenvalue weighted by molar-refractivity contribution is 6.15. The molecule has 1 aromatic rings. The molecule has 28 heavy (non-hydrogen) atoms. The standard InChI is InChI=1S/C21H26FN3O3/c1-10(2)8-14-15-16(18(27)25(17(15)26)20(3,4)5)21(24-14)12-9-11(22)6-7-13(12)23-19(21)28/h6-7,9-10,14-16,24H,8H2,1-5H3,(H,23,28)/t14-,15-,16+,21-/m1/s1. The number of hydrogen-bond acceptors (Lipinski definition) is 4. The molecular formula is C21H26FN3O3. The summed E-state index contributed by atoms with van der Waals surface area (Å²) in [6.45, 7) is 9.50. The lowest BCUT2D eigenvalue weighted by Gasteiger charge is -2.34. The number of likely N-dealkylation sites (tertiary alicyclic amines) is 1. The second-order valence-electron chi connectivity index (χ2n) is 9.52. The van der Waals surface area contributed by atoms with Crippen LogP contribution in [0.25, 0.3) is 0 Å². The number of benzene rings is 1. The van der Waals surface area contributed by atoms with E-state index in [9.17, 15) is 18.8 Å². The molecule has 7 heteroatoms. The van der Waals surface area contributed by atoms with Crippen molar-refractivity contribution in [1.82, 2.24) is 10.2 Å². The molecule has 0 radical (unpaired) electrons. The lowest BCUT2D eigenvalue weighted by Crippen LogP contribution is -2.55. The van der Waals surface area contributed by atoms with Crippen LogP contribution in [0.1, 0.15) is 46.6 Å². The van der Waals surface area contributed by atoms with Crippen LogP contribution in [0.4, 0.5) is 10.1 Å². The molecule has 3 heterocycles. The van der Waals surface area contributed by atoms with Gasteiger partial charge in [0.1, 0.15) is 11.4 Å². The summed E-state index contributed by atoms with van der Waals surface area (Å²) in [7, 11) is 0. The smallest absolute Gasteiger partial charge is 0.250 e. The van der Waals surface area contributed by atoms with E-state index in [0.717, 1.165) is 0 Å². The molecule has 4 atom stereocenters. The minimum Gasteiger partial charge on any atom is -0.324 e. The molecule has 2 N–H and O–H groups in total. The van der Waals surface area contributed by atoms with Crippen molar-refractivity contribution in [1.29, 1.82) is 0 Å². The Morgan fingerprint density at radius 2 is 1.86 bits per heavy atom. The third-order valence-electron chi connectivity index (χ3n) is 6.07. The molecular weight excluding hydrogens is 361 g/mol. The predicted molar refractivity (Wildman–Crippen MR) is 102 cm³/mol. The number of carbonyl (C=O) groups excluding carboxylic acids is 3. The minimum atomic E-state index is -1.42. The number of carbonyl (C=O) groups is 3. The van der Waals surface area contributed by atoms with Gasteiger partial charge >= 0.3 is 0 Å². The van der Waals surface area contributed by atoms with Gasteiger partial charge in [-0.3, -0.25) is 24.6 Å². The number of halogens is 1. The maximum absolute atomic E-state index is 14.1. The van der Waals surface area contributed by atoms with E-state index in [-0.39, 0.29) is 23.8 Å². The summed E-state index contributed by atoms with van der Waals surface area (Å²) >= 11 is 0. The van der Waals surface area contributed by atoms with Crippen LogP contribution in [0.2, 0.25) is 0 Å². The van der Waals surface area contributed by atoms with Crippen LogP contribution < -0.4 is 10.6 Å².